The second-order valence-corrected chi connectivity index (χ2v) is 7.15. The van der Waals surface area contributed by atoms with Crippen LogP contribution in [-0.4, -0.2) is 11.2 Å². The Labute approximate surface area is 178 Å². The minimum atomic E-state index is -4.82. The van der Waals surface area contributed by atoms with Gasteiger partial charge in [-0.25, -0.2) is 0 Å². The van der Waals surface area contributed by atoms with Crippen molar-refractivity contribution in [1.82, 2.24) is 4.57 Å². The molecule has 0 bridgehead atoms. The molecule has 0 radical (unpaired) electrons. The first-order valence-electron chi connectivity index (χ1n) is 9.72. The first-order chi connectivity index (χ1) is 14.7. The summed E-state index contributed by atoms with van der Waals surface area (Å²) >= 11 is 0. The highest BCUT2D eigenvalue weighted by atomic mass is 19.4. The van der Waals surface area contributed by atoms with Crippen molar-refractivity contribution in [2.24, 2.45) is 0 Å². The number of halogens is 3. The van der Waals surface area contributed by atoms with Crippen molar-refractivity contribution in [1.29, 1.82) is 5.26 Å². The summed E-state index contributed by atoms with van der Waals surface area (Å²) in [6, 6.07) is 16.5. The molecule has 1 aromatic heterocycles. The lowest BCUT2D eigenvalue weighted by molar-refractivity contribution is -0.137. The molecule has 4 nitrogen and oxygen atoms in total. The molecule has 3 rings (SSSR count). The molecular weight excluding hydrogens is 405 g/mol. The molecule has 0 saturated carbocycles. The molecule has 0 fully saturated rings. The van der Waals surface area contributed by atoms with Crippen LogP contribution in [0.1, 0.15) is 34.7 Å². The van der Waals surface area contributed by atoms with Crippen molar-refractivity contribution in [2.45, 2.75) is 33.2 Å². The number of nitriles is 1. The number of benzene rings is 2. The fourth-order valence-electron chi connectivity index (χ4n) is 3.40. The summed E-state index contributed by atoms with van der Waals surface area (Å²) in [5.41, 5.74) is -0.0778. The standard InChI is InChI=1S/C24H21F3N2O2/c1-3-31-15-18-8-5-7-17(11-18)14-29-22(19-9-4-6-16(2)10-19)12-21(24(25,26)27)20(13-28)23(29)30/h4-12H,3,14-15H2,1-2H3. The van der Waals surface area contributed by atoms with E-state index >= 15 is 0 Å². The number of hydrogen-bond acceptors (Lipinski definition) is 3. The smallest absolute Gasteiger partial charge is 0.377 e. The van der Waals surface area contributed by atoms with Gasteiger partial charge < -0.3 is 9.30 Å². The molecule has 160 valence electrons. The van der Waals surface area contributed by atoms with Crippen molar-refractivity contribution in [3.63, 3.8) is 0 Å². The highest BCUT2D eigenvalue weighted by molar-refractivity contribution is 5.63. The van der Waals surface area contributed by atoms with E-state index in [0.717, 1.165) is 22.8 Å². The number of alkyl halides is 3. The van der Waals surface area contributed by atoms with Gasteiger partial charge in [-0.05, 0) is 42.7 Å². The van der Waals surface area contributed by atoms with Crippen molar-refractivity contribution >= 4 is 0 Å². The summed E-state index contributed by atoms with van der Waals surface area (Å²) in [5, 5.41) is 9.32. The number of ether oxygens (including phenoxy) is 1. The van der Waals surface area contributed by atoms with E-state index in [1.807, 2.05) is 32.0 Å². The van der Waals surface area contributed by atoms with Crippen LogP contribution in [-0.2, 0) is 24.1 Å². The van der Waals surface area contributed by atoms with Gasteiger partial charge in [-0.15, -0.1) is 0 Å². The van der Waals surface area contributed by atoms with Gasteiger partial charge in [0.05, 0.1) is 24.4 Å². The maximum atomic E-state index is 13.6. The second-order valence-electron chi connectivity index (χ2n) is 7.15. The Bertz CT molecular complexity index is 1190. The average molecular weight is 426 g/mol. The predicted octanol–water partition coefficient (Wildman–Crippen LogP) is 5.30. The van der Waals surface area contributed by atoms with Crippen LogP contribution in [0.15, 0.2) is 59.4 Å². The molecule has 0 amide bonds. The number of aryl methyl sites for hydroxylation is 1. The van der Waals surface area contributed by atoms with E-state index < -0.39 is 22.9 Å². The van der Waals surface area contributed by atoms with E-state index in [9.17, 15) is 23.2 Å². The zero-order valence-corrected chi connectivity index (χ0v) is 17.2. The molecule has 0 unspecified atom stereocenters. The zero-order chi connectivity index (χ0) is 22.6. The summed E-state index contributed by atoms with van der Waals surface area (Å²) in [6.45, 7) is 4.65. The molecular formula is C24H21F3N2O2. The molecule has 0 atom stereocenters. The van der Waals surface area contributed by atoms with Gasteiger partial charge in [0.25, 0.3) is 5.56 Å². The van der Waals surface area contributed by atoms with E-state index in [-0.39, 0.29) is 12.2 Å². The number of pyridine rings is 1. The van der Waals surface area contributed by atoms with E-state index in [0.29, 0.717) is 18.8 Å². The summed E-state index contributed by atoms with van der Waals surface area (Å²) in [7, 11) is 0. The van der Waals surface area contributed by atoms with Gasteiger partial charge in [-0.1, -0.05) is 48.0 Å². The molecule has 0 aliphatic heterocycles. The highest BCUT2D eigenvalue weighted by Gasteiger charge is 2.36. The lowest BCUT2D eigenvalue weighted by Crippen LogP contribution is -2.28. The van der Waals surface area contributed by atoms with Crippen molar-refractivity contribution in [2.75, 3.05) is 6.61 Å². The lowest BCUT2D eigenvalue weighted by Gasteiger charge is -2.18. The van der Waals surface area contributed by atoms with E-state index in [1.165, 1.54) is 10.6 Å². The quantitative estimate of drug-likeness (QED) is 0.538. The molecule has 7 heteroatoms. The van der Waals surface area contributed by atoms with Crippen molar-refractivity contribution in [3.05, 3.63) is 92.8 Å². The van der Waals surface area contributed by atoms with Gasteiger partial charge in [0, 0.05) is 6.61 Å². The van der Waals surface area contributed by atoms with Crippen molar-refractivity contribution < 1.29 is 17.9 Å². The van der Waals surface area contributed by atoms with Crippen LogP contribution < -0.4 is 5.56 Å². The summed E-state index contributed by atoms with van der Waals surface area (Å²) < 4.78 is 47.5. The third-order valence-corrected chi connectivity index (χ3v) is 4.84. The monoisotopic (exact) mass is 426 g/mol. The number of hydrogen-bond donors (Lipinski definition) is 0. The minimum Gasteiger partial charge on any atom is -0.377 e. The molecule has 2 aromatic carbocycles. The SMILES string of the molecule is CCOCc1cccc(Cn2c(-c3cccc(C)c3)cc(C(F)(F)F)c(C#N)c2=O)c1. The second kappa shape index (κ2) is 9.19. The van der Waals surface area contributed by atoms with E-state index in [2.05, 4.69) is 0 Å². The molecule has 0 aliphatic rings. The molecule has 0 saturated heterocycles. The van der Waals surface area contributed by atoms with Crippen LogP contribution in [0.2, 0.25) is 0 Å². The molecule has 0 aliphatic carbocycles. The normalized spacial score (nSPS) is 11.4. The third-order valence-electron chi connectivity index (χ3n) is 4.84. The van der Waals surface area contributed by atoms with Crippen LogP contribution >= 0.6 is 0 Å². The minimum absolute atomic E-state index is 0.0227. The van der Waals surface area contributed by atoms with Gasteiger partial charge in [0.15, 0.2) is 0 Å². The summed E-state index contributed by atoms with van der Waals surface area (Å²) in [5.74, 6) is 0. The molecule has 0 spiro atoms. The van der Waals surface area contributed by atoms with Crippen LogP contribution in [0.4, 0.5) is 13.2 Å². The third kappa shape index (κ3) is 5.04. The Morgan fingerprint density at radius 1 is 1.06 bits per heavy atom. The molecule has 3 aromatic rings. The van der Waals surface area contributed by atoms with E-state index in [1.54, 1.807) is 30.3 Å². The van der Waals surface area contributed by atoms with E-state index in [4.69, 9.17) is 4.74 Å². The van der Waals surface area contributed by atoms with Crippen molar-refractivity contribution in [3.8, 4) is 17.3 Å². The number of nitrogens with zero attached hydrogens (tertiary/aromatic N) is 2. The zero-order valence-electron chi connectivity index (χ0n) is 17.2. The highest BCUT2D eigenvalue weighted by Crippen LogP contribution is 2.34. The number of aromatic nitrogens is 1. The van der Waals surface area contributed by atoms with Gasteiger partial charge in [-0.3, -0.25) is 4.79 Å². The topological polar surface area (TPSA) is 55.0 Å². The van der Waals surface area contributed by atoms with Gasteiger partial charge in [-0.2, -0.15) is 18.4 Å². The fourth-order valence-corrected chi connectivity index (χ4v) is 3.40. The predicted molar refractivity (Wildman–Crippen MR) is 111 cm³/mol. The van der Waals surface area contributed by atoms with Crippen LogP contribution in [0.5, 0.6) is 0 Å². The molecule has 31 heavy (non-hydrogen) atoms. The van der Waals surface area contributed by atoms with Gasteiger partial charge in [0.2, 0.25) is 0 Å². The maximum absolute atomic E-state index is 13.6. The Kier molecular flexibility index (Phi) is 6.62. The maximum Gasteiger partial charge on any atom is 0.417 e. The lowest BCUT2D eigenvalue weighted by atomic mass is 10.0. The average Bonchev–Trinajstić information content (AvgIpc) is 2.73. The first kappa shape index (κ1) is 22.3. The van der Waals surface area contributed by atoms with Gasteiger partial charge >= 0.3 is 6.18 Å². The van der Waals surface area contributed by atoms with Crippen LogP contribution in [0, 0.1) is 18.3 Å². The summed E-state index contributed by atoms with van der Waals surface area (Å²) in [6.07, 6.45) is -4.82. The number of rotatable bonds is 6. The summed E-state index contributed by atoms with van der Waals surface area (Å²) in [4.78, 5) is 13.0. The molecule has 0 N–H and O–H groups in total. The largest absolute Gasteiger partial charge is 0.417 e. The van der Waals surface area contributed by atoms with Gasteiger partial charge in [0.1, 0.15) is 11.6 Å². The fraction of sp³-hybridized carbons (Fsp3) is 0.250. The first-order valence-corrected chi connectivity index (χ1v) is 9.72. The van der Waals surface area contributed by atoms with Crippen LogP contribution in [0.25, 0.3) is 11.3 Å². The Morgan fingerprint density at radius 3 is 2.42 bits per heavy atom. The Balaban J connectivity index is 2.21. The Morgan fingerprint density at radius 2 is 1.77 bits per heavy atom. The van der Waals surface area contributed by atoms with Crippen LogP contribution in [0.3, 0.4) is 0 Å². The Hall–Kier alpha value is -3.37. The molecule has 1 heterocycles.